The van der Waals surface area contributed by atoms with Gasteiger partial charge in [-0.15, -0.1) is 0 Å². The van der Waals surface area contributed by atoms with Gasteiger partial charge in [-0.3, -0.25) is 0 Å². The van der Waals surface area contributed by atoms with Crippen molar-refractivity contribution in [1.29, 1.82) is 0 Å². The van der Waals surface area contributed by atoms with E-state index in [9.17, 15) is 0 Å². The summed E-state index contributed by atoms with van der Waals surface area (Å²) in [5, 5.41) is 0. The Labute approximate surface area is 140 Å². The quantitative estimate of drug-likeness (QED) is 0.786. The molecular formula is C21H28NO. The zero-order valence-electron chi connectivity index (χ0n) is 14.4. The number of nitrogens with zero attached hydrogens (tertiary/aromatic N) is 1. The molecule has 2 nitrogen and oxygen atoms in total. The van der Waals surface area contributed by atoms with Gasteiger partial charge in [-0.25, -0.2) is 0 Å². The van der Waals surface area contributed by atoms with Crippen LogP contribution < -0.4 is 4.74 Å². The lowest BCUT2D eigenvalue weighted by molar-refractivity contribution is 0.0843. The lowest BCUT2D eigenvalue weighted by atomic mass is 9.95. The molecule has 1 aliphatic carbocycles. The molecule has 0 N–H and O–H groups in total. The monoisotopic (exact) mass is 310 g/mol. The molecule has 0 amide bonds. The molecule has 1 fully saturated rings. The molecule has 1 aromatic rings. The molecule has 3 rings (SSSR count). The van der Waals surface area contributed by atoms with Crippen molar-refractivity contribution >= 4 is 5.57 Å². The van der Waals surface area contributed by atoms with Crippen molar-refractivity contribution in [2.75, 3.05) is 13.1 Å². The first-order valence-corrected chi connectivity index (χ1v) is 8.83. The minimum absolute atomic E-state index is 0.362. The second kappa shape index (κ2) is 7.35. The highest BCUT2D eigenvalue weighted by molar-refractivity contribution is 5.69. The van der Waals surface area contributed by atoms with Crippen LogP contribution in [0.3, 0.4) is 0 Å². The summed E-state index contributed by atoms with van der Waals surface area (Å²) < 4.78 is 6.17. The van der Waals surface area contributed by atoms with E-state index in [1.165, 1.54) is 16.7 Å². The molecule has 0 aromatic heterocycles. The van der Waals surface area contributed by atoms with Crippen LogP contribution in [0.4, 0.5) is 0 Å². The fourth-order valence-corrected chi connectivity index (χ4v) is 3.36. The van der Waals surface area contributed by atoms with E-state index in [2.05, 4.69) is 62.1 Å². The first-order chi connectivity index (χ1) is 11.1. The van der Waals surface area contributed by atoms with Gasteiger partial charge in [0.1, 0.15) is 11.9 Å². The molecule has 0 saturated carbocycles. The fraction of sp³-hybridized carbons (Fsp3) is 0.476. The molecule has 2 heteroatoms. The van der Waals surface area contributed by atoms with Crippen molar-refractivity contribution in [1.82, 2.24) is 4.90 Å². The van der Waals surface area contributed by atoms with Gasteiger partial charge in [0.25, 0.3) is 0 Å². The highest BCUT2D eigenvalue weighted by Gasteiger charge is 2.21. The highest BCUT2D eigenvalue weighted by Crippen LogP contribution is 2.28. The summed E-state index contributed by atoms with van der Waals surface area (Å²) in [7, 11) is 0. The van der Waals surface area contributed by atoms with Crippen molar-refractivity contribution in [3.63, 3.8) is 0 Å². The Morgan fingerprint density at radius 1 is 1.04 bits per heavy atom. The van der Waals surface area contributed by atoms with Gasteiger partial charge in [0.15, 0.2) is 0 Å². The van der Waals surface area contributed by atoms with Gasteiger partial charge in [0.2, 0.25) is 0 Å². The fourth-order valence-electron chi connectivity index (χ4n) is 3.36. The predicted octanol–water partition coefficient (Wildman–Crippen LogP) is 4.88. The molecule has 0 unspecified atom stereocenters. The summed E-state index contributed by atoms with van der Waals surface area (Å²) in [6.07, 6.45) is 9.10. The minimum Gasteiger partial charge on any atom is -0.490 e. The normalized spacial score (nSPS) is 20.3. The summed E-state index contributed by atoms with van der Waals surface area (Å²) in [6, 6.07) is 9.26. The third kappa shape index (κ3) is 4.26. The molecule has 1 saturated heterocycles. The average molecular weight is 310 g/mol. The number of ether oxygens (including phenoxy) is 1. The SMILES string of the molecule is [CH2]C1=CCC(c2ccc(OC3CCN(C(C)C)CC3)cc2)=CC1. The van der Waals surface area contributed by atoms with Crippen LogP contribution >= 0.6 is 0 Å². The van der Waals surface area contributed by atoms with E-state index in [0.717, 1.165) is 44.5 Å². The largest absolute Gasteiger partial charge is 0.490 e. The molecule has 1 heterocycles. The number of piperidine rings is 1. The smallest absolute Gasteiger partial charge is 0.119 e. The maximum atomic E-state index is 6.17. The third-order valence-electron chi connectivity index (χ3n) is 4.96. The van der Waals surface area contributed by atoms with Crippen molar-refractivity contribution in [2.24, 2.45) is 0 Å². The first kappa shape index (κ1) is 16.3. The van der Waals surface area contributed by atoms with Crippen molar-refractivity contribution in [3.05, 3.63) is 54.5 Å². The third-order valence-corrected chi connectivity index (χ3v) is 4.96. The van der Waals surface area contributed by atoms with Gasteiger partial charge in [0, 0.05) is 19.1 Å². The van der Waals surface area contributed by atoms with E-state index in [1.54, 1.807) is 0 Å². The van der Waals surface area contributed by atoms with Gasteiger partial charge >= 0.3 is 0 Å². The summed E-state index contributed by atoms with van der Waals surface area (Å²) in [5.41, 5.74) is 3.92. The Morgan fingerprint density at radius 2 is 1.74 bits per heavy atom. The van der Waals surface area contributed by atoms with Crippen molar-refractivity contribution in [2.45, 2.75) is 51.7 Å². The van der Waals surface area contributed by atoms with Crippen LogP contribution in [-0.2, 0) is 0 Å². The lowest BCUT2D eigenvalue weighted by Crippen LogP contribution is -2.41. The van der Waals surface area contributed by atoms with E-state index in [-0.39, 0.29) is 0 Å². The van der Waals surface area contributed by atoms with E-state index in [4.69, 9.17) is 4.74 Å². The highest BCUT2D eigenvalue weighted by atomic mass is 16.5. The van der Waals surface area contributed by atoms with Gasteiger partial charge in [-0.1, -0.05) is 29.9 Å². The van der Waals surface area contributed by atoms with Crippen LogP contribution in [0.2, 0.25) is 0 Å². The molecule has 0 bridgehead atoms. The van der Waals surface area contributed by atoms with Crippen molar-refractivity contribution in [3.8, 4) is 5.75 Å². The first-order valence-electron chi connectivity index (χ1n) is 8.83. The second-order valence-corrected chi connectivity index (χ2v) is 6.97. The van der Waals surface area contributed by atoms with Gasteiger partial charge in [-0.05, 0) is 69.7 Å². The number of hydrogen-bond acceptors (Lipinski definition) is 2. The van der Waals surface area contributed by atoms with Gasteiger partial charge < -0.3 is 9.64 Å². The maximum Gasteiger partial charge on any atom is 0.119 e. The van der Waals surface area contributed by atoms with Gasteiger partial charge in [-0.2, -0.15) is 0 Å². The molecule has 1 aliphatic heterocycles. The Balaban J connectivity index is 1.54. The van der Waals surface area contributed by atoms with Crippen LogP contribution in [0.15, 0.2) is 42.0 Å². The number of hydrogen-bond donors (Lipinski definition) is 0. The predicted molar refractivity (Wildman–Crippen MR) is 97.5 cm³/mol. The summed E-state index contributed by atoms with van der Waals surface area (Å²) in [5.74, 6) is 1.00. The standard InChI is InChI=1S/C21H28NO/c1-16(2)22-14-12-21(13-15-22)23-20-10-8-19(9-11-20)18-6-4-17(3)5-7-18/h4,7-11,16,21H,3,5-6,12-15H2,1-2H3. The van der Waals surface area contributed by atoms with Crippen LogP contribution in [0.1, 0.15) is 45.1 Å². The van der Waals surface area contributed by atoms with Crippen LogP contribution in [0.25, 0.3) is 5.57 Å². The summed E-state index contributed by atoms with van der Waals surface area (Å²) >= 11 is 0. The molecule has 0 spiro atoms. The second-order valence-electron chi connectivity index (χ2n) is 6.97. The Morgan fingerprint density at radius 3 is 2.30 bits per heavy atom. The molecule has 23 heavy (non-hydrogen) atoms. The van der Waals surface area contributed by atoms with E-state index >= 15 is 0 Å². The zero-order valence-corrected chi connectivity index (χ0v) is 14.4. The average Bonchev–Trinajstić information content (AvgIpc) is 2.57. The van der Waals surface area contributed by atoms with Crippen LogP contribution in [-0.4, -0.2) is 30.1 Å². The van der Waals surface area contributed by atoms with E-state index < -0.39 is 0 Å². The van der Waals surface area contributed by atoms with Crippen LogP contribution in [0.5, 0.6) is 5.75 Å². The number of benzene rings is 1. The number of rotatable bonds is 4. The Kier molecular flexibility index (Phi) is 5.22. The molecule has 1 aromatic carbocycles. The summed E-state index contributed by atoms with van der Waals surface area (Å²) in [6.45, 7) is 10.8. The maximum absolute atomic E-state index is 6.17. The number of likely N-dealkylation sites (tertiary alicyclic amines) is 1. The van der Waals surface area contributed by atoms with Crippen molar-refractivity contribution < 1.29 is 4.74 Å². The molecular weight excluding hydrogens is 282 g/mol. The summed E-state index contributed by atoms with van der Waals surface area (Å²) in [4.78, 5) is 2.53. The van der Waals surface area contributed by atoms with E-state index in [1.807, 2.05) is 0 Å². The number of allylic oxidation sites excluding steroid dienone is 4. The molecule has 2 aliphatic rings. The zero-order chi connectivity index (χ0) is 16.2. The Hall–Kier alpha value is -1.54. The molecule has 1 radical (unpaired) electrons. The Bertz CT molecular complexity index is 574. The van der Waals surface area contributed by atoms with Gasteiger partial charge in [0.05, 0.1) is 0 Å². The van der Waals surface area contributed by atoms with E-state index in [0.29, 0.717) is 12.1 Å². The molecule has 0 atom stereocenters. The topological polar surface area (TPSA) is 12.5 Å². The minimum atomic E-state index is 0.362. The van der Waals surface area contributed by atoms with Crippen LogP contribution in [0, 0.1) is 6.92 Å². The molecule has 123 valence electrons. The lowest BCUT2D eigenvalue weighted by Gasteiger charge is -2.34.